The van der Waals surface area contributed by atoms with Crippen LogP contribution in [0.4, 0.5) is 0 Å². The van der Waals surface area contributed by atoms with Crippen molar-refractivity contribution in [3.63, 3.8) is 0 Å². The number of aromatic nitrogens is 3. The van der Waals surface area contributed by atoms with Crippen molar-refractivity contribution in [3.8, 4) is 0 Å². The van der Waals surface area contributed by atoms with Crippen LogP contribution in [0.1, 0.15) is 5.69 Å². The predicted molar refractivity (Wildman–Crippen MR) is 83.1 cm³/mol. The lowest BCUT2D eigenvalue weighted by molar-refractivity contribution is 0.448. The van der Waals surface area contributed by atoms with Crippen LogP contribution in [-0.4, -0.2) is 29.9 Å². The van der Waals surface area contributed by atoms with E-state index in [0.29, 0.717) is 16.7 Å². The van der Waals surface area contributed by atoms with Crippen molar-refractivity contribution in [2.75, 3.05) is 6.54 Å². The van der Waals surface area contributed by atoms with Gasteiger partial charge in [0.25, 0.3) is 5.56 Å². The van der Waals surface area contributed by atoms with E-state index < -0.39 is 10.0 Å². The maximum atomic E-state index is 12.1. The molecule has 0 saturated carbocycles. The normalized spacial score (nSPS) is 11.8. The number of hydrogen-bond donors (Lipinski definition) is 1. The van der Waals surface area contributed by atoms with Crippen LogP contribution in [0.3, 0.4) is 0 Å². The van der Waals surface area contributed by atoms with Crippen LogP contribution in [0, 0.1) is 0 Å². The summed E-state index contributed by atoms with van der Waals surface area (Å²) < 4.78 is 32.9. The minimum Gasteiger partial charge on any atom is -0.356 e. The number of nitrogens with one attached hydrogen (secondary N) is 1. The first-order chi connectivity index (χ1) is 11.1. The highest BCUT2D eigenvalue weighted by atomic mass is 32.2. The minimum atomic E-state index is -3.59. The average molecular weight is 334 g/mol. The molecule has 2 heterocycles. The quantitative estimate of drug-likeness (QED) is 0.703. The fourth-order valence-corrected chi connectivity index (χ4v) is 3.21. The van der Waals surface area contributed by atoms with Crippen molar-refractivity contribution in [2.45, 2.75) is 12.3 Å². The molecule has 9 heteroatoms. The molecule has 3 aromatic rings. The summed E-state index contributed by atoms with van der Waals surface area (Å²) in [6.07, 6.45) is 1.47. The Kier molecular flexibility index (Phi) is 4.22. The van der Waals surface area contributed by atoms with Crippen LogP contribution < -0.4 is 10.3 Å². The Morgan fingerprint density at radius 3 is 2.83 bits per heavy atom. The van der Waals surface area contributed by atoms with Gasteiger partial charge >= 0.3 is 0 Å². The lowest BCUT2D eigenvalue weighted by Gasteiger charge is -2.06. The summed E-state index contributed by atoms with van der Waals surface area (Å²) >= 11 is 0. The monoisotopic (exact) mass is 334 g/mol. The molecule has 23 heavy (non-hydrogen) atoms. The van der Waals surface area contributed by atoms with Gasteiger partial charge in [-0.15, -0.1) is 0 Å². The lowest BCUT2D eigenvalue weighted by atomic mass is 10.2. The van der Waals surface area contributed by atoms with Gasteiger partial charge in [-0.1, -0.05) is 17.3 Å². The van der Waals surface area contributed by atoms with Crippen molar-refractivity contribution in [1.29, 1.82) is 0 Å². The van der Waals surface area contributed by atoms with Gasteiger partial charge in [-0.3, -0.25) is 4.79 Å². The third-order valence-electron chi connectivity index (χ3n) is 3.21. The maximum absolute atomic E-state index is 12.1. The van der Waals surface area contributed by atoms with E-state index in [9.17, 15) is 13.2 Å². The molecule has 1 aromatic carbocycles. The van der Waals surface area contributed by atoms with Crippen LogP contribution in [0.15, 0.2) is 51.9 Å². The first-order valence-electron chi connectivity index (χ1n) is 6.88. The molecule has 0 aliphatic rings. The molecular formula is C14H14N4O4S. The van der Waals surface area contributed by atoms with Crippen molar-refractivity contribution < 1.29 is 12.9 Å². The zero-order chi connectivity index (χ0) is 16.3. The second-order valence-corrected chi connectivity index (χ2v) is 6.67. The Balaban J connectivity index is 1.66. The van der Waals surface area contributed by atoms with Gasteiger partial charge in [0.2, 0.25) is 10.0 Å². The second-order valence-electron chi connectivity index (χ2n) is 4.86. The third kappa shape index (κ3) is 3.63. The first-order valence-corrected chi connectivity index (χ1v) is 8.53. The van der Waals surface area contributed by atoms with E-state index in [2.05, 4.69) is 15.0 Å². The summed E-state index contributed by atoms with van der Waals surface area (Å²) in [5.74, 6) is -0.291. The molecule has 3 rings (SSSR count). The van der Waals surface area contributed by atoms with E-state index in [4.69, 9.17) is 4.52 Å². The van der Waals surface area contributed by atoms with Gasteiger partial charge in [0.15, 0.2) is 5.58 Å². The number of rotatable bonds is 6. The molecule has 0 radical (unpaired) electrons. The fraction of sp³-hybridized carbons (Fsp3) is 0.214. The van der Waals surface area contributed by atoms with Gasteiger partial charge in [0.05, 0.1) is 6.54 Å². The number of para-hydroxylation sites is 1. The lowest BCUT2D eigenvalue weighted by Crippen LogP contribution is -2.32. The van der Waals surface area contributed by atoms with Gasteiger partial charge < -0.3 is 4.52 Å². The molecular weight excluding hydrogens is 320 g/mol. The van der Waals surface area contributed by atoms with Crippen molar-refractivity contribution in [3.05, 3.63) is 58.6 Å². The van der Waals surface area contributed by atoms with Crippen LogP contribution in [0.5, 0.6) is 0 Å². The van der Waals surface area contributed by atoms with Crippen LogP contribution in [0.25, 0.3) is 11.0 Å². The van der Waals surface area contributed by atoms with E-state index in [-0.39, 0.29) is 24.4 Å². The molecule has 0 atom stereocenters. The van der Waals surface area contributed by atoms with Gasteiger partial charge in [-0.05, 0) is 18.2 Å². The van der Waals surface area contributed by atoms with Crippen LogP contribution >= 0.6 is 0 Å². The summed E-state index contributed by atoms with van der Waals surface area (Å²) in [6.45, 7) is 0.216. The Morgan fingerprint density at radius 1 is 1.17 bits per heavy atom. The molecule has 1 N–H and O–H groups in total. The van der Waals surface area contributed by atoms with Crippen LogP contribution in [-0.2, 0) is 22.3 Å². The molecule has 0 unspecified atom stereocenters. The topological polar surface area (TPSA) is 107 Å². The van der Waals surface area contributed by atoms with E-state index in [1.165, 1.54) is 23.0 Å². The molecule has 120 valence electrons. The van der Waals surface area contributed by atoms with Gasteiger partial charge in [-0.2, -0.15) is 5.10 Å². The average Bonchev–Trinajstić information content (AvgIpc) is 2.92. The van der Waals surface area contributed by atoms with Crippen molar-refractivity contribution in [1.82, 2.24) is 19.7 Å². The number of nitrogens with zero attached hydrogens (tertiary/aromatic N) is 3. The molecule has 0 saturated heterocycles. The fourth-order valence-electron chi connectivity index (χ4n) is 2.14. The molecule has 0 fully saturated rings. The largest absolute Gasteiger partial charge is 0.356 e. The zero-order valence-electron chi connectivity index (χ0n) is 12.0. The highest BCUT2D eigenvalue weighted by molar-refractivity contribution is 7.88. The first kappa shape index (κ1) is 15.4. The summed E-state index contributed by atoms with van der Waals surface area (Å²) in [6, 6.07) is 9.94. The molecule has 0 bridgehead atoms. The van der Waals surface area contributed by atoms with E-state index >= 15 is 0 Å². The Hall–Kier alpha value is -2.52. The molecule has 0 amide bonds. The molecule has 8 nitrogen and oxygen atoms in total. The minimum absolute atomic E-state index is 0.0645. The highest BCUT2D eigenvalue weighted by Crippen LogP contribution is 2.19. The summed E-state index contributed by atoms with van der Waals surface area (Å²) in [4.78, 5) is 11.5. The van der Waals surface area contributed by atoms with E-state index in [1.54, 1.807) is 24.3 Å². The SMILES string of the molecule is O=c1cccnn1CCNS(=O)(=O)Cc1noc2ccccc12. The predicted octanol–water partition coefficient (Wildman–Crippen LogP) is 0.504. The van der Waals surface area contributed by atoms with Crippen LogP contribution in [0.2, 0.25) is 0 Å². The Morgan fingerprint density at radius 2 is 2.00 bits per heavy atom. The molecule has 0 spiro atoms. The third-order valence-corrected chi connectivity index (χ3v) is 4.51. The van der Waals surface area contributed by atoms with Crippen molar-refractivity contribution >= 4 is 21.0 Å². The number of benzene rings is 1. The Bertz CT molecular complexity index is 977. The zero-order valence-corrected chi connectivity index (χ0v) is 12.9. The molecule has 0 aliphatic heterocycles. The number of hydrogen-bond acceptors (Lipinski definition) is 6. The summed E-state index contributed by atoms with van der Waals surface area (Å²) in [5, 5.41) is 8.32. The number of fused-ring (bicyclic) bond motifs is 1. The molecule has 2 aromatic heterocycles. The molecule has 0 aliphatic carbocycles. The summed E-state index contributed by atoms with van der Waals surface area (Å²) in [5.41, 5.74) is 0.607. The van der Waals surface area contributed by atoms with Gasteiger partial charge in [0, 0.05) is 24.2 Å². The van der Waals surface area contributed by atoms with E-state index in [0.717, 1.165) is 0 Å². The van der Waals surface area contributed by atoms with E-state index in [1.807, 2.05) is 0 Å². The number of sulfonamides is 1. The maximum Gasteiger partial charge on any atom is 0.266 e. The summed E-state index contributed by atoms with van der Waals surface area (Å²) in [7, 11) is -3.59. The van der Waals surface area contributed by atoms with Gasteiger partial charge in [0.1, 0.15) is 11.4 Å². The van der Waals surface area contributed by atoms with Crippen molar-refractivity contribution in [2.24, 2.45) is 0 Å². The second kappa shape index (κ2) is 6.31. The Labute approximate surface area is 131 Å². The standard InChI is InChI=1S/C14H14N4O4S/c19-14-6-3-7-15-18(14)9-8-16-23(20,21)10-12-11-4-1-2-5-13(11)22-17-12/h1-7,16H,8-10H2. The van der Waals surface area contributed by atoms with Gasteiger partial charge in [-0.25, -0.2) is 17.8 Å². The smallest absolute Gasteiger partial charge is 0.266 e. The highest BCUT2D eigenvalue weighted by Gasteiger charge is 2.17.